The molecule has 0 saturated carbocycles. The first-order chi connectivity index (χ1) is 8.50. The molecule has 98 valence electrons. The summed E-state index contributed by atoms with van der Waals surface area (Å²) < 4.78 is 4.81. The van der Waals surface area contributed by atoms with E-state index < -0.39 is 24.2 Å². The molecular formula is C12H14NO5-. The molecule has 1 amide bonds. The molecule has 0 heterocycles. The number of hydrogen-bond donors (Lipinski definition) is 2. The van der Waals surface area contributed by atoms with Gasteiger partial charge in [0.2, 0.25) is 0 Å². The smallest absolute Gasteiger partial charge is 0.408 e. The van der Waals surface area contributed by atoms with Crippen molar-refractivity contribution in [1.29, 1.82) is 0 Å². The Labute approximate surface area is 104 Å². The molecule has 0 fully saturated rings. The Morgan fingerprint density at radius 1 is 1.39 bits per heavy atom. The highest BCUT2D eigenvalue weighted by Crippen LogP contribution is 2.01. The molecule has 1 rings (SSSR count). The molecule has 0 radical (unpaired) electrons. The summed E-state index contributed by atoms with van der Waals surface area (Å²) in [4.78, 5) is 21.9. The van der Waals surface area contributed by atoms with E-state index in [9.17, 15) is 14.7 Å². The normalized spacial score (nSPS) is 13.4. The second-order valence-electron chi connectivity index (χ2n) is 3.74. The maximum Gasteiger partial charge on any atom is 0.408 e. The summed E-state index contributed by atoms with van der Waals surface area (Å²) in [6.45, 7) is 1.25. The molecule has 1 aromatic rings. The van der Waals surface area contributed by atoms with Crippen LogP contribution in [0.15, 0.2) is 30.3 Å². The fraction of sp³-hybridized carbons (Fsp3) is 0.333. The fourth-order valence-electron chi connectivity index (χ4n) is 1.27. The average molecular weight is 252 g/mol. The minimum atomic E-state index is -1.57. The van der Waals surface area contributed by atoms with Crippen LogP contribution in [0.1, 0.15) is 12.5 Å². The van der Waals surface area contributed by atoms with Gasteiger partial charge in [0.15, 0.2) is 0 Å². The van der Waals surface area contributed by atoms with Crippen molar-refractivity contribution in [2.45, 2.75) is 25.7 Å². The lowest BCUT2D eigenvalue weighted by molar-refractivity contribution is -0.310. The number of ether oxygens (including phenoxy) is 1. The van der Waals surface area contributed by atoms with Crippen LogP contribution < -0.4 is 10.4 Å². The molecule has 0 aliphatic heterocycles. The molecule has 0 saturated heterocycles. The van der Waals surface area contributed by atoms with Crippen LogP contribution in [-0.4, -0.2) is 29.3 Å². The molecule has 18 heavy (non-hydrogen) atoms. The standard InChI is InChI=1S/C12H15NO5/c1-8(14)10(11(15)16)13-12(17)18-7-9-5-3-2-4-6-9/h2-6,8,10,14H,7H2,1H3,(H,13,17)(H,15,16)/p-1/t8-,10+/m1/s1. The zero-order chi connectivity index (χ0) is 13.5. The Morgan fingerprint density at radius 3 is 2.50 bits per heavy atom. The number of amides is 1. The largest absolute Gasteiger partial charge is 0.548 e. The third-order valence-electron chi connectivity index (χ3n) is 2.22. The number of aliphatic hydroxyl groups is 1. The number of nitrogens with one attached hydrogen (secondary N) is 1. The number of aliphatic carboxylic acids is 1. The van der Waals surface area contributed by atoms with Crippen molar-refractivity contribution < 1.29 is 24.5 Å². The van der Waals surface area contributed by atoms with Gasteiger partial charge in [0.1, 0.15) is 6.61 Å². The zero-order valence-corrected chi connectivity index (χ0v) is 9.83. The van der Waals surface area contributed by atoms with E-state index in [1.807, 2.05) is 11.4 Å². The highest BCUT2D eigenvalue weighted by molar-refractivity contribution is 5.79. The fourth-order valence-corrected chi connectivity index (χ4v) is 1.27. The Hall–Kier alpha value is -2.08. The third-order valence-corrected chi connectivity index (χ3v) is 2.22. The molecule has 1 aromatic carbocycles. The van der Waals surface area contributed by atoms with Gasteiger partial charge >= 0.3 is 6.09 Å². The van der Waals surface area contributed by atoms with E-state index in [0.717, 1.165) is 5.56 Å². The predicted octanol–water partition coefficient (Wildman–Crippen LogP) is -0.588. The maximum atomic E-state index is 11.3. The number of benzene rings is 1. The van der Waals surface area contributed by atoms with Gasteiger partial charge < -0.3 is 25.1 Å². The SMILES string of the molecule is C[C@@H](O)[C@H](NC(=O)OCc1ccccc1)C(=O)[O-]. The topological polar surface area (TPSA) is 98.7 Å². The van der Waals surface area contributed by atoms with Crippen LogP contribution in [0.5, 0.6) is 0 Å². The van der Waals surface area contributed by atoms with Gasteiger partial charge in [0.05, 0.1) is 18.1 Å². The molecule has 2 N–H and O–H groups in total. The lowest BCUT2D eigenvalue weighted by Crippen LogP contribution is -2.53. The van der Waals surface area contributed by atoms with Crippen molar-refractivity contribution in [3.8, 4) is 0 Å². The summed E-state index contributed by atoms with van der Waals surface area (Å²) in [5, 5.41) is 21.7. The van der Waals surface area contributed by atoms with Crippen LogP contribution in [0, 0.1) is 0 Å². The summed E-state index contributed by atoms with van der Waals surface area (Å²) in [6, 6.07) is 7.43. The average Bonchev–Trinajstić information content (AvgIpc) is 2.34. The van der Waals surface area contributed by atoms with E-state index in [4.69, 9.17) is 9.84 Å². The van der Waals surface area contributed by atoms with Crippen molar-refractivity contribution in [2.75, 3.05) is 0 Å². The first-order valence-electron chi connectivity index (χ1n) is 5.37. The Morgan fingerprint density at radius 2 is 2.00 bits per heavy atom. The number of aliphatic hydroxyl groups excluding tert-OH is 1. The number of alkyl carbamates (subject to hydrolysis) is 1. The molecule has 0 aliphatic carbocycles. The summed E-state index contributed by atoms with van der Waals surface area (Å²) in [5.41, 5.74) is 0.773. The second-order valence-corrected chi connectivity index (χ2v) is 3.74. The lowest BCUT2D eigenvalue weighted by Gasteiger charge is -2.21. The number of rotatable bonds is 5. The van der Waals surface area contributed by atoms with Gasteiger partial charge in [-0.25, -0.2) is 4.79 Å². The first kappa shape index (κ1) is 14.0. The third kappa shape index (κ3) is 4.42. The Balaban J connectivity index is 2.44. The number of carbonyl (C=O) groups excluding carboxylic acids is 2. The molecule has 0 aromatic heterocycles. The molecule has 6 heteroatoms. The monoisotopic (exact) mass is 252 g/mol. The van der Waals surface area contributed by atoms with Crippen molar-refractivity contribution in [3.63, 3.8) is 0 Å². The van der Waals surface area contributed by atoms with E-state index in [0.29, 0.717) is 0 Å². The van der Waals surface area contributed by atoms with Crippen LogP contribution in [0.2, 0.25) is 0 Å². The van der Waals surface area contributed by atoms with Gasteiger partial charge in [-0.2, -0.15) is 0 Å². The number of carboxylic acid groups (broad SMARTS) is 1. The quantitative estimate of drug-likeness (QED) is 0.730. The Kier molecular flexibility index (Phi) is 5.13. The Bertz CT molecular complexity index is 404. The molecule has 2 atom stereocenters. The zero-order valence-electron chi connectivity index (χ0n) is 9.83. The number of carbonyl (C=O) groups is 2. The van der Waals surface area contributed by atoms with Crippen LogP contribution in [-0.2, 0) is 16.1 Å². The van der Waals surface area contributed by atoms with E-state index in [1.54, 1.807) is 24.3 Å². The van der Waals surface area contributed by atoms with Crippen LogP contribution in [0.4, 0.5) is 4.79 Å². The molecule has 0 bridgehead atoms. The molecule has 0 unspecified atom stereocenters. The summed E-state index contributed by atoms with van der Waals surface area (Å²) in [5.74, 6) is -1.57. The number of hydrogen-bond acceptors (Lipinski definition) is 5. The van der Waals surface area contributed by atoms with Gasteiger partial charge in [-0.05, 0) is 12.5 Å². The van der Waals surface area contributed by atoms with E-state index >= 15 is 0 Å². The van der Waals surface area contributed by atoms with E-state index in [2.05, 4.69) is 0 Å². The van der Waals surface area contributed by atoms with Gasteiger partial charge in [0, 0.05) is 0 Å². The van der Waals surface area contributed by atoms with Crippen LogP contribution >= 0.6 is 0 Å². The van der Waals surface area contributed by atoms with E-state index in [-0.39, 0.29) is 6.61 Å². The van der Waals surface area contributed by atoms with Gasteiger partial charge in [-0.3, -0.25) is 0 Å². The molecule has 6 nitrogen and oxygen atoms in total. The van der Waals surface area contributed by atoms with Crippen molar-refractivity contribution >= 4 is 12.1 Å². The van der Waals surface area contributed by atoms with Gasteiger partial charge in [0.25, 0.3) is 0 Å². The van der Waals surface area contributed by atoms with E-state index in [1.165, 1.54) is 6.92 Å². The highest BCUT2D eigenvalue weighted by atomic mass is 16.5. The molecule has 0 spiro atoms. The van der Waals surface area contributed by atoms with Gasteiger partial charge in [-0.1, -0.05) is 30.3 Å². The minimum Gasteiger partial charge on any atom is -0.548 e. The van der Waals surface area contributed by atoms with Crippen molar-refractivity contribution in [2.24, 2.45) is 0 Å². The molecular weight excluding hydrogens is 238 g/mol. The summed E-state index contributed by atoms with van der Waals surface area (Å²) in [6.07, 6.45) is -2.19. The van der Waals surface area contributed by atoms with Gasteiger partial charge in [-0.15, -0.1) is 0 Å². The number of carboxylic acids is 1. The minimum absolute atomic E-state index is 0.0201. The molecule has 0 aliphatic rings. The highest BCUT2D eigenvalue weighted by Gasteiger charge is 2.19. The van der Waals surface area contributed by atoms with Crippen LogP contribution in [0.3, 0.4) is 0 Å². The maximum absolute atomic E-state index is 11.3. The lowest BCUT2D eigenvalue weighted by atomic mass is 10.2. The first-order valence-corrected chi connectivity index (χ1v) is 5.37. The van der Waals surface area contributed by atoms with Crippen molar-refractivity contribution in [3.05, 3.63) is 35.9 Å². The summed E-state index contributed by atoms with van der Waals surface area (Å²) in [7, 11) is 0. The predicted molar refractivity (Wildman–Crippen MR) is 60.2 cm³/mol. The second kappa shape index (κ2) is 6.61. The van der Waals surface area contributed by atoms with Crippen LogP contribution in [0.25, 0.3) is 0 Å². The summed E-state index contributed by atoms with van der Waals surface area (Å²) >= 11 is 0. The van der Waals surface area contributed by atoms with Crippen molar-refractivity contribution in [1.82, 2.24) is 5.32 Å².